The van der Waals surface area contributed by atoms with Gasteiger partial charge in [-0.3, -0.25) is 4.79 Å². The second kappa shape index (κ2) is 7.39. The molecule has 1 saturated carbocycles. The first-order valence-corrected chi connectivity index (χ1v) is 9.94. The minimum Gasteiger partial charge on any atom is -0.378 e. The number of hydrogen-bond acceptors (Lipinski definition) is 6. The Bertz CT molecular complexity index is 666. The maximum atomic E-state index is 12.9. The van der Waals surface area contributed by atoms with Crippen molar-refractivity contribution in [1.29, 1.82) is 0 Å². The van der Waals surface area contributed by atoms with Crippen LogP contribution in [-0.4, -0.2) is 59.2 Å². The highest BCUT2D eigenvalue weighted by Gasteiger charge is 2.35. The van der Waals surface area contributed by atoms with E-state index in [0.29, 0.717) is 37.4 Å². The van der Waals surface area contributed by atoms with Crippen LogP contribution in [0.4, 0.5) is 11.8 Å². The molecule has 0 bridgehead atoms. The molecule has 1 aromatic rings. The van der Waals surface area contributed by atoms with Gasteiger partial charge < -0.3 is 19.9 Å². The summed E-state index contributed by atoms with van der Waals surface area (Å²) < 4.78 is 5.45. The molecule has 7 nitrogen and oxygen atoms in total. The Balaban J connectivity index is 1.67. The summed E-state index contributed by atoms with van der Waals surface area (Å²) in [7, 11) is 0. The van der Waals surface area contributed by atoms with Crippen LogP contribution >= 0.6 is 0 Å². The molecule has 1 N–H and O–H groups in total. The molecule has 0 aromatic carbocycles. The number of nitrogens with zero attached hydrogens (tertiary/aromatic N) is 4. The Morgan fingerprint density at radius 1 is 1.12 bits per heavy atom. The summed E-state index contributed by atoms with van der Waals surface area (Å²) in [5.74, 6) is 1.54. The van der Waals surface area contributed by atoms with E-state index in [2.05, 4.69) is 15.2 Å². The summed E-state index contributed by atoms with van der Waals surface area (Å²) in [6.07, 6.45) is 6.19. The lowest BCUT2D eigenvalue weighted by Gasteiger charge is -2.28. The van der Waals surface area contributed by atoms with E-state index < -0.39 is 0 Å². The van der Waals surface area contributed by atoms with E-state index in [1.165, 1.54) is 32.1 Å². The molecule has 3 aliphatic rings. The first-order valence-electron chi connectivity index (χ1n) is 9.94. The third kappa shape index (κ3) is 3.37. The van der Waals surface area contributed by atoms with Crippen molar-refractivity contribution in [3.63, 3.8) is 0 Å². The zero-order valence-electron chi connectivity index (χ0n) is 15.8. The average Bonchev–Trinajstić information content (AvgIpc) is 3.01. The van der Waals surface area contributed by atoms with Crippen LogP contribution in [0.2, 0.25) is 0 Å². The Morgan fingerprint density at radius 3 is 2.54 bits per heavy atom. The van der Waals surface area contributed by atoms with Crippen molar-refractivity contribution in [2.45, 2.75) is 64.6 Å². The molecule has 4 rings (SSSR count). The van der Waals surface area contributed by atoms with Gasteiger partial charge in [0.25, 0.3) is 5.91 Å². The maximum Gasteiger partial charge on any atom is 0.273 e. The molecule has 3 heterocycles. The molecule has 1 aliphatic carbocycles. The van der Waals surface area contributed by atoms with Crippen molar-refractivity contribution < 1.29 is 9.53 Å². The van der Waals surface area contributed by atoms with Crippen molar-refractivity contribution in [3.05, 3.63) is 11.3 Å². The summed E-state index contributed by atoms with van der Waals surface area (Å²) in [4.78, 5) is 26.4. The lowest BCUT2D eigenvalue weighted by molar-refractivity contribution is 0.0726. The summed E-state index contributed by atoms with van der Waals surface area (Å²) in [5, 5.41) is 3.65. The fraction of sp³-hybridized carbons (Fsp3) is 0.737. The molecular formula is C19H29N5O2. The summed E-state index contributed by atoms with van der Waals surface area (Å²) in [5.41, 5.74) is 1.54. The van der Waals surface area contributed by atoms with Gasteiger partial charge in [0, 0.05) is 30.7 Å². The van der Waals surface area contributed by atoms with Gasteiger partial charge in [0.2, 0.25) is 5.95 Å². The molecule has 142 valence electrons. The fourth-order valence-corrected chi connectivity index (χ4v) is 4.06. The third-order valence-corrected chi connectivity index (χ3v) is 5.65. The van der Waals surface area contributed by atoms with Gasteiger partial charge in [0.15, 0.2) is 0 Å². The van der Waals surface area contributed by atoms with Crippen molar-refractivity contribution in [3.8, 4) is 0 Å². The highest BCUT2D eigenvalue weighted by atomic mass is 16.5. The van der Waals surface area contributed by atoms with Gasteiger partial charge in [-0.1, -0.05) is 19.3 Å². The Morgan fingerprint density at radius 2 is 1.85 bits per heavy atom. The SMILES string of the molecule is CC(C)N1Cc2c(NC3CCCCC3)nc(N3CCOCC3)nc2C1=O. The van der Waals surface area contributed by atoms with Gasteiger partial charge in [0.1, 0.15) is 11.5 Å². The van der Waals surface area contributed by atoms with Crippen LogP contribution in [0.25, 0.3) is 0 Å². The van der Waals surface area contributed by atoms with E-state index in [9.17, 15) is 4.79 Å². The van der Waals surface area contributed by atoms with Gasteiger partial charge in [-0.2, -0.15) is 4.98 Å². The summed E-state index contributed by atoms with van der Waals surface area (Å²) >= 11 is 0. The molecule has 0 unspecified atom stereocenters. The number of nitrogens with one attached hydrogen (secondary N) is 1. The Hall–Kier alpha value is -1.89. The van der Waals surface area contributed by atoms with Gasteiger partial charge in [0.05, 0.1) is 19.8 Å². The van der Waals surface area contributed by atoms with Crippen LogP contribution in [0.3, 0.4) is 0 Å². The maximum absolute atomic E-state index is 12.9. The van der Waals surface area contributed by atoms with E-state index in [1.807, 2.05) is 18.7 Å². The second-order valence-corrected chi connectivity index (χ2v) is 7.80. The zero-order valence-corrected chi connectivity index (χ0v) is 15.8. The predicted molar refractivity (Wildman–Crippen MR) is 101 cm³/mol. The van der Waals surface area contributed by atoms with Crippen LogP contribution in [0.5, 0.6) is 0 Å². The van der Waals surface area contributed by atoms with Crippen molar-refractivity contribution in [2.75, 3.05) is 36.5 Å². The molecule has 0 atom stereocenters. The smallest absolute Gasteiger partial charge is 0.273 e. The summed E-state index contributed by atoms with van der Waals surface area (Å²) in [6.45, 7) is 7.59. The van der Waals surface area contributed by atoms with Crippen molar-refractivity contribution in [1.82, 2.24) is 14.9 Å². The number of morpholine rings is 1. The van der Waals surface area contributed by atoms with Crippen LogP contribution in [-0.2, 0) is 11.3 Å². The number of carbonyl (C=O) groups excluding carboxylic acids is 1. The van der Waals surface area contributed by atoms with E-state index in [1.54, 1.807) is 0 Å². The highest BCUT2D eigenvalue weighted by Crippen LogP contribution is 2.32. The average molecular weight is 359 g/mol. The quantitative estimate of drug-likeness (QED) is 0.890. The third-order valence-electron chi connectivity index (χ3n) is 5.65. The monoisotopic (exact) mass is 359 g/mol. The molecule has 0 radical (unpaired) electrons. The van der Waals surface area contributed by atoms with Crippen LogP contribution in [0.1, 0.15) is 62.0 Å². The van der Waals surface area contributed by atoms with Gasteiger partial charge in [-0.05, 0) is 26.7 Å². The zero-order chi connectivity index (χ0) is 18.1. The number of aromatic nitrogens is 2. The lowest BCUT2D eigenvalue weighted by atomic mass is 9.95. The van der Waals surface area contributed by atoms with Crippen molar-refractivity contribution in [2.24, 2.45) is 0 Å². The molecule has 2 aliphatic heterocycles. The highest BCUT2D eigenvalue weighted by molar-refractivity contribution is 5.98. The molecule has 1 amide bonds. The Kier molecular flexibility index (Phi) is 4.98. The van der Waals surface area contributed by atoms with E-state index >= 15 is 0 Å². The lowest BCUT2D eigenvalue weighted by Crippen LogP contribution is -2.38. The van der Waals surface area contributed by atoms with Crippen molar-refractivity contribution >= 4 is 17.7 Å². The fourth-order valence-electron chi connectivity index (χ4n) is 4.06. The largest absolute Gasteiger partial charge is 0.378 e. The first kappa shape index (κ1) is 17.5. The normalized spacial score (nSPS) is 21.4. The number of anilines is 2. The molecular weight excluding hydrogens is 330 g/mol. The number of ether oxygens (including phenoxy) is 1. The number of rotatable bonds is 4. The number of fused-ring (bicyclic) bond motifs is 1. The van der Waals surface area contributed by atoms with Crippen LogP contribution in [0, 0.1) is 0 Å². The standard InChI is InChI=1S/C19H29N5O2/c1-13(2)24-12-15-16(18(24)25)21-19(23-8-10-26-11-9-23)22-17(15)20-14-6-4-3-5-7-14/h13-14H,3-12H2,1-2H3,(H,20,21,22). The molecule has 7 heteroatoms. The van der Waals surface area contributed by atoms with E-state index in [0.717, 1.165) is 24.5 Å². The van der Waals surface area contributed by atoms with Crippen LogP contribution in [0.15, 0.2) is 0 Å². The first-order chi connectivity index (χ1) is 12.6. The van der Waals surface area contributed by atoms with E-state index in [4.69, 9.17) is 9.72 Å². The molecule has 0 spiro atoms. The molecule has 1 saturated heterocycles. The number of carbonyl (C=O) groups is 1. The van der Waals surface area contributed by atoms with Crippen LogP contribution < -0.4 is 10.2 Å². The minimum atomic E-state index is 0.0265. The van der Waals surface area contributed by atoms with Gasteiger partial charge in [-0.15, -0.1) is 0 Å². The number of hydrogen-bond donors (Lipinski definition) is 1. The second-order valence-electron chi connectivity index (χ2n) is 7.80. The molecule has 2 fully saturated rings. The minimum absolute atomic E-state index is 0.0265. The topological polar surface area (TPSA) is 70.6 Å². The molecule has 1 aromatic heterocycles. The molecule has 26 heavy (non-hydrogen) atoms. The summed E-state index contributed by atoms with van der Waals surface area (Å²) in [6, 6.07) is 0.606. The number of amides is 1. The van der Waals surface area contributed by atoms with Gasteiger partial charge >= 0.3 is 0 Å². The van der Waals surface area contributed by atoms with Gasteiger partial charge in [-0.25, -0.2) is 4.98 Å². The van der Waals surface area contributed by atoms with E-state index in [-0.39, 0.29) is 11.9 Å². The predicted octanol–water partition coefficient (Wildman–Crippen LogP) is 2.42. The Labute approximate surface area is 155 Å².